The van der Waals surface area contributed by atoms with Gasteiger partial charge in [0, 0.05) is 74.6 Å². The van der Waals surface area contributed by atoms with Crippen LogP contribution in [0.25, 0.3) is 0 Å². The normalized spacial score (nSPS) is 20.7. The first-order valence-electron chi connectivity index (χ1n) is 19.9. The van der Waals surface area contributed by atoms with Gasteiger partial charge in [-0.2, -0.15) is 4.58 Å². The summed E-state index contributed by atoms with van der Waals surface area (Å²) in [6.07, 6.45) is 12.2. The standard InChI is InChI=1S/C47H46Cl2N3.CH4O3S/c1-46(2)39-29-35(48)21-23-41(39)50-25-11-13-33(44(46)50)27-31-19-20-32(43(31)52(37-15-7-5-8-16-37)38-17-9-6-10-18-38)28-34-14-12-26-51-42-24-22-36(49)30-40(42)47(3,4)45(34)51;1-5(2,3)4/h5-10,15-18,21-24,27-30H,11-14,19-20,25-26H2,1-4H3;1H3,(H,2,3,4)/q+1;/p-1. The SMILES string of the molecule is CC1(C)C2=C(C=C3CCC(C=C4CCC[N+]5=C4C(C)(C)c4cc(Cl)ccc45)=C3N(c3ccccc3)c3ccccc3)CCCN2c2ccc(Cl)cc21.CS(=O)(=O)[O-]. The third-order valence-electron chi connectivity index (χ3n) is 12.1. The Kier molecular flexibility index (Phi) is 10.4. The monoisotopic (exact) mass is 817 g/mol. The second-order valence-electron chi connectivity index (χ2n) is 16.7. The Morgan fingerprint density at radius 3 is 1.96 bits per heavy atom. The molecule has 0 fully saturated rings. The molecule has 4 aromatic rings. The van der Waals surface area contributed by atoms with Gasteiger partial charge in [0.2, 0.25) is 5.69 Å². The number of rotatable bonds is 5. The van der Waals surface area contributed by atoms with Crippen molar-refractivity contribution in [2.75, 3.05) is 29.1 Å². The summed E-state index contributed by atoms with van der Waals surface area (Å²) in [4.78, 5) is 5.10. The molecule has 57 heavy (non-hydrogen) atoms. The maximum Gasteiger partial charge on any atom is 0.209 e. The Morgan fingerprint density at radius 1 is 0.719 bits per heavy atom. The summed E-state index contributed by atoms with van der Waals surface area (Å²) < 4.78 is 29.8. The lowest BCUT2D eigenvalue weighted by atomic mass is 9.77. The lowest BCUT2D eigenvalue weighted by Crippen LogP contribution is -2.34. The number of hydrogen-bond donors (Lipinski definition) is 0. The van der Waals surface area contributed by atoms with Gasteiger partial charge in [0.25, 0.3) is 0 Å². The van der Waals surface area contributed by atoms with Gasteiger partial charge in [-0.3, -0.25) is 0 Å². The highest BCUT2D eigenvalue weighted by atomic mass is 35.5. The Balaban J connectivity index is 0.000000859. The van der Waals surface area contributed by atoms with Crippen LogP contribution in [0.3, 0.4) is 0 Å². The first-order chi connectivity index (χ1) is 27.1. The molecule has 4 aromatic carbocycles. The Morgan fingerprint density at radius 2 is 1.32 bits per heavy atom. The van der Waals surface area contributed by atoms with Gasteiger partial charge >= 0.3 is 0 Å². The van der Waals surface area contributed by atoms with Gasteiger partial charge in [-0.1, -0.05) is 79.5 Å². The predicted octanol–water partition coefficient (Wildman–Crippen LogP) is 11.9. The van der Waals surface area contributed by atoms with Crippen molar-refractivity contribution in [1.29, 1.82) is 0 Å². The van der Waals surface area contributed by atoms with Crippen molar-refractivity contribution in [3.05, 3.63) is 164 Å². The van der Waals surface area contributed by atoms with Crippen molar-refractivity contribution in [3.63, 3.8) is 0 Å². The summed E-state index contributed by atoms with van der Waals surface area (Å²) in [6, 6.07) is 34.8. The highest BCUT2D eigenvalue weighted by molar-refractivity contribution is 7.84. The van der Waals surface area contributed by atoms with E-state index in [1.54, 1.807) is 0 Å². The van der Waals surface area contributed by atoms with E-state index in [1.807, 2.05) is 12.1 Å². The fraction of sp³-hybridized carbons (Fsp3) is 0.312. The van der Waals surface area contributed by atoms with Crippen LogP contribution in [0.1, 0.15) is 77.3 Å². The molecule has 0 bridgehead atoms. The molecule has 6 nitrogen and oxygen atoms in total. The quantitative estimate of drug-likeness (QED) is 0.148. The molecule has 0 unspecified atom stereocenters. The average molecular weight is 819 g/mol. The van der Waals surface area contributed by atoms with E-state index in [1.165, 1.54) is 73.3 Å². The van der Waals surface area contributed by atoms with Crippen LogP contribution in [0, 0.1) is 0 Å². The fourth-order valence-corrected chi connectivity index (χ4v) is 10.3. The van der Waals surface area contributed by atoms with Gasteiger partial charge < -0.3 is 14.4 Å². The van der Waals surface area contributed by atoms with Gasteiger partial charge in [-0.25, -0.2) is 8.42 Å². The summed E-state index contributed by atoms with van der Waals surface area (Å²) in [6.45, 7) is 11.6. The molecular formula is C48H49Cl2N3O3S. The number of nitrogens with zero attached hydrogens (tertiary/aromatic N) is 3. The number of anilines is 3. The number of benzene rings is 4. The van der Waals surface area contributed by atoms with Crippen LogP contribution < -0.4 is 9.80 Å². The van der Waals surface area contributed by atoms with Gasteiger partial charge in [0.15, 0.2) is 5.71 Å². The minimum absolute atomic E-state index is 0.132. The largest absolute Gasteiger partial charge is 0.748 e. The zero-order valence-corrected chi connectivity index (χ0v) is 35.6. The van der Waals surface area contributed by atoms with Gasteiger partial charge in [0.1, 0.15) is 6.54 Å². The van der Waals surface area contributed by atoms with Gasteiger partial charge in [-0.05, 0) is 129 Å². The van der Waals surface area contributed by atoms with E-state index in [0.717, 1.165) is 61.7 Å². The molecule has 0 atom stereocenters. The molecule has 0 radical (unpaired) electrons. The Labute approximate surface area is 347 Å². The smallest absolute Gasteiger partial charge is 0.209 e. The van der Waals surface area contributed by atoms with Crippen LogP contribution in [0.5, 0.6) is 0 Å². The summed E-state index contributed by atoms with van der Waals surface area (Å²) in [5, 5.41) is 1.62. The molecule has 0 saturated heterocycles. The van der Waals surface area contributed by atoms with E-state index >= 15 is 0 Å². The molecule has 0 amide bonds. The maximum absolute atomic E-state index is 9.08. The molecule has 4 aliphatic heterocycles. The van der Waals surface area contributed by atoms with Crippen molar-refractivity contribution in [3.8, 4) is 0 Å². The van der Waals surface area contributed by atoms with Crippen molar-refractivity contribution in [2.24, 2.45) is 0 Å². The molecule has 4 heterocycles. The van der Waals surface area contributed by atoms with Crippen LogP contribution in [-0.2, 0) is 20.9 Å². The topological polar surface area (TPSA) is 66.7 Å². The zero-order valence-electron chi connectivity index (χ0n) is 33.3. The molecule has 9 rings (SSSR count). The number of para-hydroxylation sites is 2. The number of fused-ring (bicyclic) bond motifs is 5. The summed E-state index contributed by atoms with van der Waals surface area (Å²) >= 11 is 13.2. The number of allylic oxidation sites excluding steroid dienone is 7. The van der Waals surface area contributed by atoms with E-state index in [-0.39, 0.29) is 10.8 Å². The molecule has 0 N–H and O–H groups in total. The highest BCUT2D eigenvalue weighted by Gasteiger charge is 2.49. The first-order valence-corrected chi connectivity index (χ1v) is 22.4. The van der Waals surface area contributed by atoms with Gasteiger partial charge in [0.05, 0.1) is 21.2 Å². The van der Waals surface area contributed by atoms with Crippen LogP contribution in [-0.4, -0.2) is 42.6 Å². The molecule has 0 saturated carbocycles. The van der Waals surface area contributed by atoms with E-state index in [2.05, 4.69) is 139 Å². The summed E-state index contributed by atoms with van der Waals surface area (Å²) in [5.74, 6) is 0. The lowest BCUT2D eigenvalue weighted by Gasteiger charge is -2.34. The van der Waals surface area contributed by atoms with Crippen molar-refractivity contribution in [1.82, 2.24) is 0 Å². The predicted molar refractivity (Wildman–Crippen MR) is 235 cm³/mol. The third kappa shape index (κ3) is 7.44. The van der Waals surface area contributed by atoms with Crippen LogP contribution in [0.4, 0.5) is 22.7 Å². The van der Waals surface area contributed by atoms with E-state index in [9.17, 15) is 0 Å². The number of hydrogen-bond acceptors (Lipinski definition) is 5. The molecule has 294 valence electrons. The van der Waals surface area contributed by atoms with Crippen LogP contribution in [0.15, 0.2) is 143 Å². The van der Waals surface area contributed by atoms with Crippen LogP contribution in [0.2, 0.25) is 10.0 Å². The summed E-state index contributed by atoms with van der Waals surface area (Å²) in [5.41, 5.74) is 17.3. The number of halogens is 2. The van der Waals surface area contributed by atoms with Crippen LogP contribution >= 0.6 is 23.2 Å². The molecule has 5 aliphatic rings. The molecule has 9 heteroatoms. The third-order valence-corrected chi connectivity index (χ3v) is 12.5. The lowest BCUT2D eigenvalue weighted by molar-refractivity contribution is -0.441. The molecule has 0 spiro atoms. The van der Waals surface area contributed by atoms with Crippen molar-refractivity contribution >= 4 is 61.8 Å². The van der Waals surface area contributed by atoms with Crippen molar-refractivity contribution < 1.29 is 17.5 Å². The maximum atomic E-state index is 9.08. The summed E-state index contributed by atoms with van der Waals surface area (Å²) in [7, 11) is -3.92. The van der Waals surface area contributed by atoms with Gasteiger partial charge in [-0.15, -0.1) is 0 Å². The molecule has 1 aliphatic carbocycles. The van der Waals surface area contributed by atoms with E-state index in [4.69, 9.17) is 36.2 Å². The fourth-order valence-electron chi connectivity index (χ4n) is 9.91. The second-order valence-corrected chi connectivity index (χ2v) is 19.0. The Hall–Kier alpha value is -4.40. The second kappa shape index (κ2) is 15.1. The first kappa shape index (κ1) is 39.4. The van der Waals surface area contributed by atoms with E-state index < -0.39 is 10.1 Å². The molecule has 0 aromatic heterocycles. The average Bonchev–Trinajstić information content (AvgIpc) is 3.74. The minimum Gasteiger partial charge on any atom is -0.748 e. The van der Waals surface area contributed by atoms with E-state index in [0.29, 0.717) is 6.26 Å². The van der Waals surface area contributed by atoms with Crippen molar-refractivity contribution in [2.45, 2.75) is 77.0 Å². The molecular weight excluding hydrogens is 770 g/mol. The Bertz CT molecular complexity index is 2490. The highest BCUT2D eigenvalue weighted by Crippen LogP contribution is 2.53. The zero-order chi connectivity index (χ0) is 40.3. The minimum atomic E-state index is -3.92.